The highest BCUT2D eigenvalue weighted by molar-refractivity contribution is 5.81. The molecule has 1 aliphatic rings. The molecule has 0 fully saturated rings. The maximum Gasteiger partial charge on any atom is 0.191 e. The van der Waals surface area contributed by atoms with Crippen molar-refractivity contribution in [3.8, 4) is 0 Å². The minimum Gasteiger partial charge on any atom is -0.375 e. The molecule has 1 aromatic carbocycles. The van der Waals surface area contributed by atoms with Crippen molar-refractivity contribution in [2.45, 2.75) is 19.6 Å². The topological polar surface area (TPSA) is 45.6 Å². The van der Waals surface area contributed by atoms with E-state index in [0.717, 1.165) is 19.0 Å². The second-order valence-corrected chi connectivity index (χ2v) is 4.20. The number of aliphatic imine (C=N–C) groups is 1. The quantitative estimate of drug-likeness (QED) is 0.801. The summed E-state index contributed by atoms with van der Waals surface area (Å²) >= 11 is 0. The van der Waals surface area contributed by atoms with E-state index in [9.17, 15) is 0 Å². The molecule has 0 radical (unpaired) electrons. The van der Waals surface area contributed by atoms with Crippen molar-refractivity contribution in [2.75, 3.05) is 19.7 Å². The summed E-state index contributed by atoms with van der Waals surface area (Å²) in [6.45, 7) is 5.22. The average molecular weight is 233 g/mol. The van der Waals surface area contributed by atoms with Gasteiger partial charge in [0.15, 0.2) is 5.96 Å². The van der Waals surface area contributed by atoms with E-state index in [1.54, 1.807) is 0 Å². The molecule has 4 heteroatoms. The molecule has 1 unspecified atom stereocenters. The van der Waals surface area contributed by atoms with Gasteiger partial charge in [-0.25, -0.2) is 0 Å². The smallest absolute Gasteiger partial charge is 0.191 e. The number of ether oxygens (including phenoxy) is 1. The maximum atomic E-state index is 5.65. The van der Waals surface area contributed by atoms with Gasteiger partial charge in [0.1, 0.15) is 0 Å². The van der Waals surface area contributed by atoms with Gasteiger partial charge in [-0.15, -0.1) is 0 Å². The zero-order chi connectivity index (χ0) is 11.9. The first-order valence-electron chi connectivity index (χ1n) is 6.01. The van der Waals surface area contributed by atoms with Gasteiger partial charge in [0, 0.05) is 12.6 Å². The van der Waals surface area contributed by atoms with Crippen molar-refractivity contribution in [2.24, 2.45) is 4.99 Å². The zero-order valence-electron chi connectivity index (χ0n) is 10.1. The molecule has 17 heavy (non-hydrogen) atoms. The van der Waals surface area contributed by atoms with Crippen LogP contribution >= 0.6 is 0 Å². The molecule has 4 nitrogen and oxygen atoms in total. The van der Waals surface area contributed by atoms with Crippen molar-refractivity contribution >= 4 is 5.96 Å². The molecule has 0 aromatic heterocycles. The molecular weight excluding hydrogens is 214 g/mol. The Bertz CT molecular complexity index is 364. The van der Waals surface area contributed by atoms with Crippen LogP contribution < -0.4 is 10.6 Å². The van der Waals surface area contributed by atoms with Crippen LogP contribution in [-0.2, 0) is 11.3 Å². The van der Waals surface area contributed by atoms with Gasteiger partial charge in [-0.2, -0.15) is 0 Å². The van der Waals surface area contributed by atoms with Gasteiger partial charge in [0.25, 0.3) is 0 Å². The third-order valence-corrected chi connectivity index (χ3v) is 2.54. The fraction of sp³-hybridized carbons (Fsp3) is 0.462. The Kier molecular flexibility index (Phi) is 4.38. The lowest BCUT2D eigenvalue weighted by molar-refractivity contribution is 0.107. The first kappa shape index (κ1) is 11.9. The Balaban J connectivity index is 1.64. The highest BCUT2D eigenvalue weighted by atomic mass is 16.5. The first-order valence-corrected chi connectivity index (χ1v) is 6.01. The molecule has 0 aliphatic carbocycles. The number of guanidine groups is 1. The molecule has 0 saturated carbocycles. The van der Waals surface area contributed by atoms with E-state index in [1.807, 2.05) is 18.2 Å². The number of hydrogen-bond acceptors (Lipinski definition) is 4. The fourth-order valence-corrected chi connectivity index (χ4v) is 1.70. The summed E-state index contributed by atoms with van der Waals surface area (Å²) < 4.78 is 5.65. The molecule has 1 aliphatic heterocycles. The van der Waals surface area contributed by atoms with Crippen LogP contribution in [-0.4, -0.2) is 31.7 Å². The predicted octanol–water partition coefficient (Wildman–Crippen LogP) is 1.14. The second kappa shape index (κ2) is 6.25. The Hall–Kier alpha value is -1.55. The molecular formula is C13H19N3O. The SMILES string of the molecule is CC(COCc1ccccc1)NC1=NCCN1. The molecule has 1 atom stereocenters. The van der Waals surface area contributed by atoms with Crippen LogP contribution in [0, 0.1) is 0 Å². The van der Waals surface area contributed by atoms with Crippen LogP contribution in [0.25, 0.3) is 0 Å². The molecule has 92 valence electrons. The number of benzene rings is 1. The zero-order valence-corrected chi connectivity index (χ0v) is 10.1. The summed E-state index contributed by atoms with van der Waals surface area (Å²) in [4.78, 5) is 4.28. The Labute approximate surface area is 102 Å². The predicted molar refractivity (Wildman–Crippen MR) is 69.0 cm³/mol. The van der Waals surface area contributed by atoms with E-state index < -0.39 is 0 Å². The second-order valence-electron chi connectivity index (χ2n) is 4.20. The van der Waals surface area contributed by atoms with Crippen molar-refractivity contribution in [1.82, 2.24) is 10.6 Å². The van der Waals surface area contributed by atoms with Gasteiger partial charge in [-0.1, -0.05) is 30.3 Å². The van der Waals surface area contributed by atoms with Crippen LogP contribution in [0.5, 0.6) is 0 Å². The minimum absolute atomic E-state index is 0.267. The lowest BCUT2D eigenvalue weighted by Crippen LogP contribution is -2.41. The molecule has 1 heterocycles. The Morgan fingerprint density at radius 1 is 1.41 bits per heavy atom. The van der Waals surface area contributed by atoms with E-state index in [2.05, 4.69) is 34.7 Å². The van der Waals surface area contributed by atoms with Crippen LogP contribution in [0.15, 0.2) is 35.3 Å². The largest absolute Gasteiger partial charge is 0.375 e. The summed E-state index contributed by atoms with van der Waals surface area (Å²) in [6.07, 6.45) is 0. The van der Waals surface area contributed by atoms with Gasteiger partial charge in [0.2, 0.25) is 0 Å². The van der Waals surface area contributed by atoms with Gasteiger partial charge in [-0.3, -0.25) is 4.99 Å². The summed E-state index contributed by atoms with van der Waals surface area (Å²) in [7, 11) is 0. The first-order chi connectivity index (χ1) is 8.34. The normalized spacial score (nSPS) is 16.2. The summed E-state index contributed by atoms with van der Waals surface area (Å²) in [5.74, 6) is 0.890. The lowest BCUT2D eigenvalue weighted by Gasteiger charge is -2.15. The average Bonchev–Trinajstić information content (AvgIpc) is 2.83. The van der Waals surface area contributed by atoms with E-state index in [1.165, 1.54) is 5.56 Å². The van der Waals surface area contributed by atoms with Crippen molar-refractivity contribution in [3.63, 3.8) is 0 Å². The number of nitrogens with one attached hydrogen (secondary N) is 2. The minimum atomic E-state index is 0.267. The van der Waals surface area contributed by atoms with Crippen LogP contribution in [0.4, 0.5) is 0 Å². The van der Waals surface area contributed by atoms with Gasteiger partial charge in [0.05, 0.1) is 19.8 Å². The third-order valence-electron chi connectivity index (χ3n) is 2.54. The lowest BCUT2D eigenvalue weighted by atomic mass is 10.2. The van der Waals surface area contributed by atoms with Crippen molar-refractivity contribution in [3.05, 3.63) is 35.9 Å². The Morgan fingerprint density at radius 3 is 2.94 bits per heavy atom. The van der Waals surface area contributed by atoms with Gasteiger partial charge >= 0.3 is 0 Å². The van der Waals surface area contributed by atoms with E-state index in [0.29, 0.717) is 13.2 Å². The van der Waals surface area contributed by atoms with Crippen molar-refractivity contribution < 1.29 is 4.74 Å². The van der Waals surface area contributed by atoms with Crippen LogP contribution in [0.2, 0.25) is 0 Å². The van der Waals surface area contributed by atoms with Crippen molar-refractivity contribution in [1.29, 1.82) is 0 Å². The molecule has 0 bridgehead atoms. The van der Waals surface area contributed by atoms with Crippen LogP contribution in [0.1, 0.15) is 12.5 Å². The summed E-state index contributed by atoms with van der Waals surface area (Å²) in [6, 6.07) is 10.5. The van der Waals surface area contributed by atoms with Crippen LogP contribution in [0.3, 0.4) is 0 Å². The van der Waals surface area contributed by atoms with E-state index >= 15 is 0 Å². The standard InChI is InChI=1S/C13H19N3O/c1-11(16-13-14-7-8-15-13)9-17-10-12-5-3-2-4-6-12/h2-6,11H,7-10H2,1H3,(H2,14,15,16). The van der Waals surface area contributed by atoms with Gasteiger partial charge in [-0.05, 0) is 12.5 Å². The molecule has 2 rings (SSSR count). The van der Waals surface area contributed by atoms with Gasteiger partial charge < -0.3 is 15.4 Å². The third kappa shape index (κ3) is 4.07. The summed E-state index contributed by atoms with van der Waals surface area (Å²) in [5, 5.41) is 6.46. The van der Waals surface area contributed by atoms with E-state index in [-0.39, 0.29) is 6.04 Å². The fourth-order valence-electron chi connectivity index (χ4n) is 1.70. The molecule has 0 spiro atoms. The maximum absolute atomic E-state index is 5.65. The molecule has 0 amide bonds. The number of rotatable bonds is 5. The molecule has 2 N–H and O–H groups in total. The monoisotopic (exact) mass is 233 g/mol. The Morgan fingerprint density at radius 2 is 2.24 bits per heavy atom. The molecule has 0 saturated heterocycles. The highest BCUT2D eigenvalue weighted by Gasteiger charge is 2.08. The highest BCUT2D eigenvalue weighted by Crippen LogP contribution is 2.00. The van der Waals surface area contributed by atoms with E-state index in [4.69, 9.17) is 4.74 Å². The molecule has 1 aromatic rings. The number of nitrogens with zero attached hydrogens (tertiary/aromatic N) is 1. The number of hydrogen-bond donors (Lipinski definition) is 2. The summed E-state index contributed by atoms with van der Waals surface area (Å²) in [5.41, 5.74) is 1.20.